The van der Waals surface area contributed by atoms with Gasteiger partial charge in [-0.2, -0.15) is 18.3 Å². The molecule has 9 heteroatoms. The van der Waals surface area contributed by atoms with Gasteiger partial charge in [0, 0.05) is 17.8 Å². The van der Waals surface area contributed by atoms with E-state index in [0.717, 1.165) is 12.1 Å². The highest BCUT2D eigenvalue weighted by Crippen LogP contribution is 2.39. The summed E-state index contributed by atoms with van der Waals surface area (Å²) in [5.74, 6) is -0.563. The molecule has 0 unspecified atom stereocenters. The summed E-state index contributed by atoms with van der Waals surface area (Å²) in [5, 5.41) is 16.0. The Balaban J connectivity index is 1.79. The zero-order chi connectivity index (χ0) is 20.3. The molecule has 3 rings (SSSR count). The third kappa shape index (κ3) is 4.20. The molecular weight excluding hydrogens is 391 g/mol. The normalized spacial score (nSPS) is 12.1. The number of nitrogens with zero attached hydrogens (tertiary/aromatic N) is 2. The number of halogens is 3. The Kier molecular flexibility index (Phi) is 5.46. The molecule has 5 nitrogen and oxygen atoms in total. The van der Waals surface area contributed by atoms with Crippen molar-refractivity contribution in [2.75, 3.05) is 0 Å². The fourth-order valence-electron chi connectivity index (χ4n) is 2.38. The zero-order valence-corrected chi connectivity index (χ0v) is 15.3. The lowest BCUT2D eigenvalue weighted by Crippen LogP contribution is -2.19. The van der Waals surface area contributed by atoms with E-state index in [1.165, 1.54) is 35.9 Å². The van der Waals surface area contributed by atoms with Gasteiger partial charge in [-0.15, -0.1) is 11.3 Å². The molecule has 3 aromatic rings. The van der Waals surface area contributed by atoms with Crippen LogP contribution < -0.4 is 5.43 Å². The van der Waals surface area contributed by atoms with E-state index >= 15 is 0 Å². The van der Waals surface area contributed by atoms with Crippen molar-refractivity contribution in [3.8, 4) is 16.2 Å². The van der Waals surface area contributed by atoms with Crippen molar-refractivity contribution in [3.63, 3.8) is 0 Å². The molecule has 0 radical (unpaired) electrons. The largest absolute Gasteiger partial charge is 0.506 e. The number of amides is 1. The van der Waals surface area contributed by atoms with E-state index in [1.54, 1.807) is 24.4 Å². The van der Waals surface area contributed by atoms with Crippen LogP contribution in [0.15, 0.2) is 59.3 Å². The number of carbonyl (C=O) groups is 1. The summed E-state index contributed by atoms with van der Waals surface area (Å²) in [5.41, 5.74) is 3.13. The topological polar surface area (TPSA) is 74.6 Å². The van der Waals surface area contributed by atoms with Crippen LogP contribution in [0.2, 0.25) is 0 Å². The van der Waals surface area contributed by atoms with Crippen LogP contribution in [0.4, 0.5) is 13.2 Å². The van der Waals surface area contributed by atoms with Gasteiger partial charge in [-0.3, -0.25) is 9.78 Å². The van der Waals surface area contributed by atoms with Gasteiger partial charge in [0.25, 0.3) is 5.91 Å². The minimum atomic E-state index is -4.42. The molecule has 2 N–H and O–H groups in total. The van der Waals surface area contributed by atoms with E-state index in [4.69, 9.17) is 0 Å². The van der Waals surface area contributed by atoms with Crippen molar-refractivity contribution in [1.82, 2.24) is 10.4 Å². The average Bonchev–Trinajstić information content (AvgIpc) is 3.07. The van der Waals surface area contributed by atoms with Gasteiger partial charge < -0.3 is 5.11 Å². The van der Waals surface area contributed by atoms with Gasteiger partial charge in [-0.05, 0) is 36.8 Å². The Morgan fingerprint density at radius 2 is 1.93 bits per heavy atom. The lowest BCUT2D eigenvalue weighted by Gasteiger charge is -2.07. The first-order valence-electron chi connectivity index (χ1n) is 8.00. The molecule has 0 atom stereocenters. The van der Waals surface area contributed by atoms with Crippen LogP contribution in [0.1, 0.15) is 28.4 Å². The molecule has 0 aliphatic carbocycles. The molecule has 2 aromatic heterocycles. The second kappa shape index (κ2) is 7.81. The molecule has 0 saturated heterocycles. The van der Waals surface area contributed by atoms with Gasteiger partial charge in [-0.1, -0.05) is 12.1 Å². The monoisotopic (exact) mass is 405 g/mol. The van der Waals surface area contributed by atoms with Crippen LogP contribution in [0.25, 0.3) is 10.4 Å². The second-order valence-electron chi connectivity index (χ2n) is 5.78. The Morgan fingerprint density at radius 1 is 1.21 bits per heavy atom. The standard InChI is InChI=1S/C19H14F3N3O2S/c1-11(24-25-18(27)13-3-2-8-23-9-13)15-10-28-17(16(15)26)12-4-6-14(7-5-12)19(20,21)22/h2-10,26H,1H3,(H,25,27). The first kappa shape index (κ1) is 19.6. The van der Waals surface area contributed by atoms with Crippen molar-refractivity contribution in [1.29, 1.82) is 0 Å². The molecule has 0 aliphatic heterocycles. The molecule has 0 saturated carbocycles. The lowest BCUT2D eigenvalue weighted by molar-refractivity contribution is -0.137. The number of benzene rings is 1. The average molecular weight is 405 g/mol. The maximum absolute atomic E-state index is 12.7. The maximum Gasteiger partial charge on any atom is 0.416 e. The molecule has 0 bridgehead atoms. The van der Waals surface area contributed by atoms with Gasteiger partial charge in [0.15, 0.2) is 0 Å². The van der Waals surface area contributed by atoms with Crippen LogP contribution in [-0.4, -0.2) is 21.7 Å². The highest BCUT2D eigenvalue weighted by Gasteiger charge is 2.30. The number of carbonyl (C=O) groups excluding carboxylic acids is 1. The fourth-order valence-corrected chi connectivity index (χ4v) is 3.39. The predicted octanol–water partition coefficient (Wildman–Crippen LogP) is 4.69. The predicted molar refractivity (Wildman–Crippen MR) is 100 cm³/mol. The van der Waals surface area contributed by atoms with Crippen molar-refractivity contribution < 1.29 is 23.1 Å². The summed E-state index contributed by atoms with van der Waals surface area (Å²) in [6, 6.07) is 7.72. The summed E-state index contributed by atoms with van der Waals surface area (Å²) in [6.45, 7) is 1.60. The van der Waals surface area contributed by atoms with E-state index in [1.807, 2.05) is 0 Å². The van der Waals surface area contributed by atoms with Gasteiger partial charge in [0.1, 0.15) is 5.75 Å². The number of thiophene rings is 1. The van der Waals surface area contributed by atoms with Crippen LogP contribution in [0.3, 0.4) is 0 Å². The van der Waals surface area contributed by atoms with E-state index < -0.39 is 17.6 Å². The number of hydrazone groups is 1. The van der Waals surface area contributed by atoms with Gasteiger partial charge in [0.2, 0.25) is 0 Å². The van der Waals surface area contributed by atoms with Crippen molar-refractivity contribution in [2.45, 2.75) is 13.1 Å². The quantitative estimate of drug-likeness (QED) is 0.489. The third-order valence-electron chi connectivity index (χ3n) is 3.88. The summed E-state index contributed by atoms with van der Waals surface area (Å²) in [6.07, 6.45) is -1.49. The Morgan fingerprint density at radius 3 is 2.54 bits per heavy atom. The summed E-state index contributed by atoms with van der Waals surface area (Å²) in [4.78, 5) is 16.3. The molecule has 1 amide bonds. The van der Waals surface area contributed by atoms with Crippen LogP contribution in [0, 0.1) is 0 Å². The highest BCUT2D eigenvalue weighted by atomic mass is 32.1. The molecular formula is C19H14F3N3O2S. The summed E-state index contributed by atoms with van der Waals surface area (Å²) < 4.78 is 38.0. The number of rotatable bonds is 4. The minimum Gasteiger partial charge on any atom is -0.506 e. The Hall–Kier alpha value is -3.20. The smallest absolute Gasteiger partial charge is 0.416 e. The van der Waals surface area contributed by atoms with Gasteiger partial charge in [0.05, 0.1) is 27.3 Å². The van der Waals surface area contributed by atoms with Crippen molar-refractivity contribution in [3.05, 3.63) is 70.9 Å². The maximum atomic E-state index is 12.7. The van der Waals surface area contributed by atoms with Gasteiger partial charge in [-0.25, -0.2) is 5.43 Å². The van der Waals surface area contributed by atoms with Gasteiger partial charge >= 0.3 is 6.18 Å². The Bertz CT molecular complexity index is 1010. The van der Waals surface area contributed by atoms with E-state index in [9.17, 15) is 23.1 Å². The fraction of sp³-hybridized carbons (Fsp3) is 0.105. The molecule has 0 aliphatic rings. The van der Waals surface area contributed by atoms with Crippen LogP contribution in [-0.2, 0) is 6.18 Å². The van der Waals surface area contributed by atoms with Crippen LogP contribution in [0.5, 0.6) is 5.75 Å². The third-order valence-corrected chi connectivity index (χ3v) is 4.90. The molecule has 28 heavy (non-hydrogen) atoms. The SMILES string of the molecule is CC(=NNC(=O)c1cccnc1)c1csc(-c2ccc(C(F)(F)F)cc2)c1O. The zero-order valence-electron chi connectivity index (χ0n) is 14.5. The van der Waals surface area contributed by atoms with E-state index in [-0.39, 0.29) is 5.75 Å². The molecule has 0 fully saturated rings. The molecule has 144 valence electrons. The number of aromatic hydroxyl groups is 1. The van der Waals surface area contributed by atoms with Crippen molar-refractivity contribution >= 4 is 23.0 Å². The number of alkyl halides is 3. The minimum absolute atomic E-state index is 0.110. The first-order valence-corrected chi connectivity index (χ1v) is 8.88. The van der Waals surface area contributed by atoms with E-state index in [0.29, 0.717) is 27.3 Å². The number of nitrogens with one attached hydrogen (secondary N) is 1. The van der Waals surface area contributed by atoms with E-state index in [2.05, 4.69) is 15.5 Å². The Labute approximate surface area is 162 Å². The molecule has 1 aromatic carbocycles. The molecule has 0 spiro atoms. The summed E-state index contributed by atoms with van der Waals surface area (Å²) in [7, 11) is 0. The number of hydrogen-bond acceptors (Lipinski definition) is 5. The second-order valence-corrected chi connectivity index (χ2v) is 6.66. The number of aromatic nitrogens is 1. The van der Waals surface area contributed by atoms with Crippen molar-refractivity contribution in [2.24, 2.45) is 5.10 Å². The lowest BCUT2D eigenvalue weighted by atomic mass is 10.1. The summed E-state index contributed by atoms with van der Waals surface area (Å²) >= 11 is 1.17. The molecule has 2 heterocycles. The number of hydrogen-bond donors (Lipinski definition) is 2. The van der Waals surface area contributed by atoms with Crippen LogP contribution >= 0.6 is 11.3 Å². The first-order chi connectivity index (χ1) is 13.3. The highest BCUT2D eigenvalue weighted by molar-refractivity contribution is 7.14. The number of pyridine rings is 1.